The molecule has 4 aromatic rings. The molecule has 148 heavy (non-hydrogen) atoms. The number of carbonyl (C=O) groups is 4. The molecule has 0 radical (unpaired) electrons. The van der Waals surface area contributed by atoms with Crippen molar-refractivity contribution in [1.82, 2.24) is 15.1 Å². The van der Waals surface area contributed by atoms with Crippen LogP contribution < -0.4 is 5.32 Å². The molecular weight excluding hydrogens is 1820 g/mol. The van der Waals surface area contributed by atoms with Crippen LogP contribution >= 0.6 is 0 Å². The molecule has 4 saturated heterocycles. The fourth-order valence-corrected chi connectivity index (χ4v) is 25.9. The van der Waals surface area contributed by atoms with Crippen LogP contribution in [0.5, 0.6) is 0 Å². The Morgan fingerprint density at radius 3 is 0.743 bits per heavy atom. The Kier molecular flexibility index (Phi) is 48.1. The minimum Gasteiger partial charge on any atom is -0.462 e. The van der Waals surface area contributed by atoms with Crippen LogP contribution in [0.4, 0.5) is 0 Å². The second-order valence-corrected chi connectivity index (χ2v) is 61.3. The van der Waals surface area contributed by atoms with E-state index in [1.54, 1.807) is 16.7 Å². The summed E-state index contributed by atoms with van der Waals surface area (Å²) in [4.78, 5) is 54.2. The molecule has 0 atom stereocenters. The summed E-state index contributed by atoms with van der Waals surface area (Å²) in [6.45, 7) is 111. The van der Waals surface area contributed by atoms with E-state index < -0.39 is 0 Å². The SMILES string of the molecule is CC1(C)CC(OC(=O)CCCCCCCCCCC(=O)OC2CC(C)(C)NC(C)(C)C2)CC(C)(C)C1.CN1C(C)(C)CC(OC(=O)CCCCCCCCC(=O)OC2CC(C)(C)N(C)C(C)(C)C2)CC1(C)C.Cc1c(C(C)(C)C)cc(C2CCC(C)CC2)cc1C(C)(C)C.Cc1c(C(C)(C)C)cc(C2OCC(C)CO2)cc1C(C)(C)C.Cc1cc(C(C)(C)C)c(C)c(C(C)(C)C)c1.Cc1cc(C(C)(C)C)c(C)c(C(C)(C)C)c1. The maximum atomic E-state index is 12.4. The van der Waals surface area contributed by atoms with Crippen molar-refractivity contribution in [3.05, 3.63) is 138 Å². The molecule has 4 heterocycles. The van der Waals surface area contributed by atoms with Gasteiger partial charge in [0.15, 0.2) is 6.29 Å². The molecule has 4 aromatic carbocycles. The van der Waals surface area contributed by atoms with Gasteiger partial charge in [0.1, 0.15) is 24.4 Å². The van der Waals surface area contributed by atoms with Gasteiger partial charge < -0.3 is 33.7 Å². The highest BCUT2D eigenvalue weighted by atomic mass is 16.7. The van der Waals surface area contributed by atoms with Crippen LogP contribution in [0.25, 0.3) is 0 Å². The van der Waals surface area contributed by atoms with Crippen LogP contribution in [0.15, 0.2) is 48.5 Å². The molecule has 6 fully saturated rings. The summed E-state index contributed by atoms with van der Waals surface area (Å²) < 4.78 is 35.2. The molecule has 1 N–H and O–H groups in total. The number of esters is 4. The fraction of sp³-hybridized carbons (Fsp3) is 0.793. The molecule has 6 aliphatic rings. The van der Waals surface area contributed by atoms with Crippen molar-refractivity contribution in [2.75, 3.05) is 27.3 Å². The number of carbonyl (C=O) groups excluding carboxylic acids is 4. The van der Waals surface area contributed by atoms with E-state index in [1.807, 2.05) is 0 Å². The minimum atomic E-state index is -0.223. The molecule has 2 aliphatic carbocycles. The van der Waals surface area contributed by atoms with E-state index >= 15 is 0 Å². The Hall–Kier alpha value is -5.44. The largest absolute Gasteiger partial charge is 0.462 e. The van der Waals surface area contributed by atoms with E-state index in [1.165, 1.54) is 118 Å². The number of rotatable bonds is 26. The maximum absolute atomic E-state index is 12.4. The summed E-state index contributed by atoms with van der Waals surface area (Å²) >= 11 is 0. The average Bonchev–Trinajstić information content (AvgIpc) is 0.758. The highest BCUT2D eigenvalue weighted by Crippen LogP contribution is 2.50. The van der Waals surface area contributed by atoms with Crippen LogP contribution in [0, 0.1) is 64.2 Å². The van der Waals surface area contributed by atoms with Crippen molar-refractivity contribution in [1.29, 1.82) is 0 Å². The number of ether oxygens (including phenoxy) is 6. The Morgan fingerprint density at radius 1 is 0.297 bits per heavy atom. The van der Waals surface area contributed by atoms with Crippen molar-refractivity contribution < 1.29 is 47.6 Å². The summed E-state index contributed by atoms with van der Waals surface area (Å²) in [5, 5.41) is 3.63. The van der Waals surface area contributed by atoms with Crippen LogP contribution in [0.1, 0.15) is 591 Å². The van der Waals surface area contributed by atoms with Gasteiger partial charge in [-0.25, -0.2) is 0 Å². The number of piperidine rings is 3. The molecule has 848 valence electrons. The Morgan fingerprint density at radius 2 is 0.507 bits per heavy atom. The van der Waals surface area contributed by atoms with Gasteiger partial charge in [-0.05, 0) is 347 Å². The number of nitrogens with zero attached hydrogens (tertiary/aromatic N) is 2. The topological polar surface area (TPSA) is 142 Å². The minimum absolute atomic E-state index is 0.00318. The van der Waals surface area contributed by atoms with Crippen molar-refractivity contribution in [3.8, 4) is 0 Å². The van der Waals surface area contributed by atoms with Gasteiger partial charge in [0, 0.05) is 109 Å². The van der Waals surface area contributed by atoms with Gasteiger partial charge in [-0.1, -0.05) is 332 Å². The van der Waals surface area contributed by atoms with Crippen LogP contribution in [-0.2, 0) is 90.9 Å². The molecule has 0 amide bonds. The van der Waals surface area contributed by atoms with Gasteiger partial charge in [-0.15, -0.1) is 0 Å². The Labute approximate surface area is 913 Å². The van der Waals surface area contributed by atoms with Crippen molar-refractivity contribution in [2.24, 2.45) is 22.7 Å². The molecule has 0 unspecified atom stereocenters. The third kappa shape index (κ3) is 43.6. The van der Waals surface area contributed by atoms with E-state index in [4.69, 9.17) is 28.4 Å². The van der Waals surface area contributed by atoms with Gasteiger partial charge in [0.2, 0.25) is 0 Å². The van der Waals surface area contributed by atoms with Gasteiger partial charge in [-0.2, -0.15) is 0 Å². The first kappa shape index (κ1) is 133. The number of hydrogen-bond acceptors (Lipinski definition) is 13. The standard InChI is InChI=1S/C31H57NO4.C30H56N2O4.C22H36.C20H32O2.2C16H26/c1-28(2)19-24(20-29(3,4)23-28)35-26(33)17-15-13-11-9-10-12-14-16-18-27(34)36-25-21-30(5,6)32-31(7,8)22-25;1-27(2)19-23(20-28(3,4)31(27)9)35-25(33)17-15-13-11-12-14-16-18-26(34)36-24-21-29(5,6)32(10)30(7,8)22-24;1-15-9-11-17(12-10-15)18-13-19(21(3,4)5)16(2)20(14-18)22(6,7)8;1-13-11-21-18(22-12-13)15-9-16(19(3,4)5)14(2)17(10-15)20(6,7)8;2*1-11-9-13(15(3,4)5)12(2)14(10-11)16(6,7)8/h24-25,32H,9-23H2,1-8H3;23-24H,11-22H2,1-10H3;13-15,17H,9-12H2,1-8H3;9-10,13,18H,11-12H2,1-8H3;2*9-10H,1-8H3. The van der Waals surface area contributed by atoms with E-state index in [9.17, 15) is 19.2 Å². The molecule has 0 aromatic heterocycles. The number of likely N-dealkylation sites (tertiary alicyclic amines) is 2. The average molecular weight is 2060 g/mol. The lowest BCUT2D eigenvalue weighted by atomic mass is 9.64. The smallest absolute Gasteiger partial charge is 0.306 e. The lowest BCUT2D eigenvalue weighted by Crippen LogP contribution is -2.60. The zero-order valence-corrected chi connectivity index (χ0v) is 106. The lowest BCUT2D eigenvalue weighted by Gasteiger charge is -2.53. The summed E-state index contributed by atoms with van der Waals surface area (Å²) in [6, 6.07) is 19.0. The Balaban J connectivity index is 0.000000321. The summed E-state index contributed by atoms with van der Waals surface area (Å²) in [5.41, 5.74) is 25.4. The zero-order chi connectivity index (χ0) is 113. The number of unbranched alkanes of at least 4 members (excludes halogenated alkanes) is 12. The first-order valence-corrected chi connectivity index (χ1v) is 58.9. The molecule has 0 spiro atoms. The van der Waals surface area contributed by atoms with Crippen LogP contribution in [-0.4, -0.2) is 119 Å². The van der Waals surface area contributed by atoms with Gasteiger partial charge in [-0.3, -0.25) is 29.0 Å². The van der Waals surface area contributed by atoms with Crippen molar-refractivity contribution in [3.63, 3.8) is 0 Å². The number of benzene rings is 4. The second-order valence-electron chi connectivity index (χ2n) is 61.3. The number of hydrogen-bond donors (Lipinski definition) is 1. The molecule has 10 rings (SSSR count). The summed E-state index contributed by atoms with van der Waals surface area (Å²) in [6.07, 6.45) is 30.7. The number of aryl methyl sites for hydroxylation is 2. The van der Waals surface area contributed by atoms with Gasteiger partial charge >= 0.3 is 23.9 Å². The second kappa shape index (κ2) is 53.5. The third-order valence-electron chi connectivity index (χ3n) is 33.2. The van der Waals surface area contributed by atoms with E-state index in [0.29, 0.717) is 31.6 Å². The summed E-state index contributed by atoms with van der Waals surface area (Å²) in [5.74, 6) is 2.01. The maximum Gasteiger partial charge on any atom is 0.306 e. The van der Waals surface area contributed by atoms with E-state index in [-0.39, 0.29) is 142 Å². The van der Waals surface area contributed by atoms with Gasteiger partial charge in [0.25, 0.3) is 0 Å². The Bertz CT molecular complexity index is 4300. The first-order valence-electron chi connectivity index (χ1n) is 58.9. The van der Waals surface area contributed by atoms with Crippen molar-refractivity contribution in [2.45, 2.75) is 645 Å². The quantitative estimate of drug-likeness (QED) is 0.0362. The highest BCUT2D eigenvalue weighted by molar-refractivity contribution is 5.71. The van der Waals surface area contributed by atoms with Crippen LogP contribution in [0.2, 0.25) is 0 Å². The first-order chi connectivity index (χ1) is 67.1. The van der Waals surface area contributed by atoms with Gasteiger partial charge in [0.05, 0.1) is 13.2 Å². The third-order valence-corrected chi connectivity index (χ3v) is 33.2. The van der Waals surface area contributed by atoms with E-state index in [2.05, 4.69) is 410 Å². The van der Waals surface area contributed by atoms with E-state index in [0.717, 1.165) is 153 Å². The highest BCUT2D eigenvalue weighted by Gasteiger charge is 2.48. The monoisotopic (exact) mass is 2060 g/mol. The predicted molar refractivity (Wildman–Crippen MR) is 633 cm³/mol. The zero-order valence-electron chi connectivity index (χ0n) is 106. The molecule has 4 aliphatic heterocycles. The molecule has 13 nitrogen and oxygen atoms in total. The molecule has 2 saturated carbocycles. The molecule has 0 bridgehead atoms. The fourth-order valence-electron chi connectivity index (χ4n) is 25.9. The normalized spacial score (nSPS) is 21.4. The summed E-state index contributed by atoms with van der Waals surface area (Å²) in [7, 11) is 4.33. The predicted octanol–water partition coefficient (Wildman–Crippen LogP) is 36.3. The molecule has 13 heteroatoms. The number of nitrogens with one attached hydrogen (secondary N) is 1. The lowest BCUT2D eigenvalue weighted by molar-refractivity contribution is -0.202. The molecular formula is C135H233N3O10. The van der Waals surface area contributed by atoms with Crippen LogP contribution in [0.3, 0.4) is 0 Å². The van der Waals surface area contributed by atoms with Crippen molar-refractivity contribution >= 4 is 23.9 Å².